The van der Waals surface area contributed by atoms with Crippen LogP contribution in [0.15, 0.2) is 35.9 Å². The smallest absolute Gasteiger partial charge is 0.318 e. The van der Waals surface area contributed by atoms with Crippen LogP contribution in [-0.4, -0.2) is 33.4 Å². The van der Waals surface area contributed by atoms with Gasteiger partial charge in [-0.15, -0.1) is 0 Å². The minimum atomic E-state index is -0.630. The highest BCUT2D eigenvalue weighted by atomic mass is 16.2. The summed E-state index contributed by atoms with van der Waals surface area (Å²) in [6.07, 6.45) is 5.19. The highest BCUT2D eigenvalue weighted by molar-refractivity contribution is 6.31. The van der Waals surface area contributed by atoms with Crippen molar-refractivity contribution < 1.29 is 14.4 Å². The molecular formula is C23H25N3O3. The molecule has 2 fully saturated rings. The summed E-state index contributed by atoms with van der Waals surface area (Å²) in [5.41, 5.74) is 4.96. The Balaban J connectivity index is 1.74. The molecule has 29 heavy (non-hydrogen) atoms. The fraction of sp³-hybridized carbons (Fsp3) is 0.348. The van der Waals surface area contributed by atoms with E-state index in [0.29, 0.717) is 0 Å². The number of rotatable bonds is 3. The quantitative estimate of drug-likeness (QED) is 0.639. The van der Waals surface area contributed by atoms with E-state index in [1.807, 2.05) is 38.1 Å². The number of nitrogens with zero attached hydrogens (tertiary/aromatic N) is 2. The van der Waals surface area contributed by atoms with E-state index in [-0.39, 0.29) is 11.6 Å². The van der Waals surface area contributed by atoms with Gasteiger partial charge in [0.05, 0.1) is 0 Å². The van der Waals surface area contributed by atoms with Crippen LogP contribution in [0.25, 0.3) is 11.8 Å². The zero-order valence-corrected chi connectivity index (χ0v) is 17.0. The van der Waals surface area contributed by atoms with Crippen molar-refractivity contribution in [3.8, 4) is 5.69 Å². The zero-order chi connectivity index (χ0) is 20.7. The Morgan fingerprint density at radius 2 is 1.72 bits per heavy atom. The summed E-state index contributed by atoms with van der Waals surface area (Å²) in [7, 11) is 0. The molecule has 0 radical (unpaired) electrons. The largest absolute Gasteiger partial charge is 0.331 e. The topological polar surface area (TPSA) is 71.4 Å². The van der Waals surface area contributed by atoms with Gasteiger partial charge >= 0.3 is 6.03 Å². The zero-order valence-electron chi connectivity index (χ0n) is 17.0. The third-order valence-electron chi connectivity index (χ3n) is 5.95. The van der Waals surface area contributed by atoms with Gasteiger partial charge in [-0.25, -0.2) is 4.79 Å². The second-order valence-corrected chi connectivity index (χ2v) is 7.88. The Morgan fingerprint density at radius 3 is 2.41 bits per heavy atom. The Hall–Kier alpha value is -3.15. The van der Waals surface area contributed by atoms with Crippen molar-refractivity contribution in [1.82, 2.24) is 14.8 Å². The number of para-hydroxylation sites is 1. The maximum Gasteiger partial charge on any atom is 0.331 e. The highest BCUT2D eigenvalue weighted by Gasteiger charge is 2.40. The SMILES string of the molecule is Cc1ccccc1-n1c(C)cc(/C=C2\C(=O)NC(=O)N(C3CCCC3)C2=O)c1C. The average Bonchev–Trinajstić information content (AvgIpc) is 3.28. The molecule has 1 saturated carbocycles. The van der Waals surface area contributed by atoms with Crippen LogP contribution in [0.5, 0.6) is 0 Å². The fourth-order valence-electron chi connectivity index (χ4n) is 4.44. The van der Waals surface area contributed by atoms with Crippen molar-refractivity contribution in [2.75, 3.05) is 0 Å². The molecule has 4 amide bonds. The maximum absolute atomic E-state index is 13.0. The van der Waals surface area contributed by atoms with Crippen LogP contribution in [0.4, 0.5) is 4.79 Å². The third-order valence-corrected chi connectivity index (χ3v) is 5.95. The van der Waals surface area contributed by atoms with E-state index in [0.717, 1.165) is 53.9 Å². The fourth-order valence-corrected chi connectivity index (χ4v) is 4.44. The molecule has 4 rings (SSSR count). The van der Waals surface area contributed by atoms with Crippen LogP contribution in [0.1, 0.15) is 48.2 Å². The van der Waals surface area contributed by atoms with Crippen molar-refractivity contribution >= 4 is 23.9 Å². The number of urea groups is 1. The molecule has 1 saturated heterocycles. The van der Waals surface area contributed by atoms with Crippen LogP contribution in [-0.2, 0) is 9.59 Å². The van der Waals surface area contributed by atoms with Crippen molar-refractivity contribution in [2.24, 2.45) is 0 Å². The van der Waals surface area contributed by atoms with Gasteiger partial charge in [0, 0.05) is 23.1 Å². The first-order valence-corrected chi connectivity index (χ1v) is 10.0. The Labute approximate surface area is 170 Å². The third kappa shape index (κ3) is 3.28. The summed E-state index contributed by atoms with van der Waals surface area (Å²) in [5, 5.41) is 2.34. The molecule has 0 spiro atoms. The Bertz CT molecular complexity index is 1040. The normalized spacial score (nSPS) is 19.3. The molecule has 0 unspecified atom stereocenters. The lowest BCUT2D eigenvalue weighted by Crippen LogP contribution is -2.57. The molecule has 1 N–H and O–H groups in total. The van der Waals surface area contributed by atoms with Gasteiger partial charge in [0.25, 0.3) is 11.8 Å². The number of carbonyl (C=O) groups is 3. The second-order valence-electron chi connectivity index (χ2n) is 7.88. The van der Waals surface area contributed by atoms with Crippen molar-refractivity contribution in [3.05, 3.63) is 58.4 Å². The van der Waals surface area contributed by atoms with Gasteiger partial charge < -0.3 is 4.57 Å². The minimum absolute atomic E-state index is 0.0153. The lowest BCUT2D eigenvalue weighted by atomic mass is 10.1. The van der Waals surface area contributed by atoms with Crippen molar-refractivity contribution in [1.29, 1.82) is 0 Å². The average molecular weight is 391 g/mol. The first kappa shape index (κ1) is 19.2. The standard InChI is InChI=1S/C23H25N3O3/c1-14-8-4-7-11-20(14)25-15(2)12-17(16(25)3)13-19-21(27)24-23(29)26(22(19)28)18-9-5-6-10-18/h4,7-8,11-13,18H,5-6,9-10H2,1-3H3,(H,24,27,29)/b19-13+. The first-order chi connectivity index (χ1) is 13.9. The van der Waals surface area contributed by atoms with E-state index in [2.05, 4.69) is 22.9 Å². The Kier molecular flexibility index (Phi) is 4.86. The van der Waals surface area contributed by atoms with Gasteiger partial charge in [-0.3, -0.25) is 19.8 Å². The first-order valence-electron chi connectivity index (χ1n) is 10.0. The lowest BCUT2D eigenvalue weighted by molar-refractivity contribution is -0.131. The number of hydrogen-bond donors (Lipinski definition) is 1. The highest BCUT2D eigenvalue weighted by Crippen LogP contribution is 2.29. The summed E-state index contributed by atoms with van der Waals surface area (Å²) in [6.45, 7) is 6.02. The minimum Gasteiger partial charge on any atom is -0.318 e. The molecule has 1 aliphatic heterocycles. The molecule has 150 valence electrons. The predicted molar refractivity (Wildman–Crippen MR) is 111 cm³/mol. The summed E-state index contributed by atoms with van der Waals surface area (Å²) in [4.78, 5) is 39.0. The molecule has 2 aliphatic rings. The number of aromatic nitrogens is 1. The van der Waals surface area contributed by atoms with Crippen LogP contribution in [0, 0.1) is 20.8 Å². The van der Waals surface area contributed by atoms with Gasteiger partial charge in [0.15, 0.2) is 0 Å². The molecule has 1 aromatic heterocycles. The maximum atomic E-state index is 13.0. The van der Waals surface area contributed by atoms with E-state index < -0.39 is 17.8 Å². The number of amides is 4. The monoisotopic (exact) mass is 391 g/mol. The number of nitrogens with one attached hydrogen (secondary N) is 1. The Morgan fingerprint density at radius 1 is 1.03 bits per heavy atom. The van der Waals surface area contributed by atoms with Gasteiger partial charge in [0.2, 0.25) is 0 Å². The molecule has 6 nitrogen and oxygen atoms in total. The molecule has 2 aromatic rings. The van der Waals surface area contributed by atoms with E-state index in [1.54, 1.807) is 6.08 Å². The van der Waals surface area contributed by atoms with Crippen LogP contribution >= 0.6 is 0 Å². The van der Waals surface area contributed by atoms with Gasteiger partial charge in [-0.1, -0.05) is 31.0 Å². The molecule has 0 atom stereocenters. The summed E-state index contributed by atoms with van der Waals surface area (Å²) >= 11 is 0. The molecule has 2 heterocycles. The number of carbonyl (C=O) groups excluding carboxylic acids is 3. The molecule has 1 aliphatic carbocycles. The van der Waals surface area contributed by atoms with Crippen LogP contribution in [0.2, 0.25) is 0 Å². The lowest BCUT2D eigenvalue weighted by Gasteiger charge is -2.31. The second kappa shape index (κ2) is 7.35. The molecule has 6 heteroatoms. The van der Waals surface area contributed by atoms with E-state index in [9.17, 15) is 14.4 Å². The summed E-state index contributed by atoms with van der Waals surface area (Å²) in [6, 6.07) is 9.32. The van der Waals surface area contributed by atoms with Gasteiger partial charge in [0.1, 0.15) is 5.57 Å². The molecular weight excluding hydrogens is 366 g/mol. The molecule has 0 bridgehead atoms. The predicted octanol–water partition coefficient (Wildman–Crippen LogP) is 3.81. The van der Waals surface area contributed by atoms with Crippen molar-refractivity contribution in [3.63, 3.8) is 0 Å². The van der Waals surface area contributed by atoms with Gasteiger partial charge in [-0.2, -0.15) is 0 Å². The summed E-state index contributed by atoms with van der Waals surface area (Å²) in [5.74, 6) is -1.12. The number of aryl methyl sites for hydroxylation is 2. The van der Waals surface area contributed by atoms with Crippen LogP contribution in [0.3, 0.4) is 0 Å². The van der Waals surface area contributed by atoms with E-state index in [1.165, 1.54) is 4.90 Å². The number of imide groups is 2. The number of hydrogen-bond acceptors (Lipinski definition) is 3. The van der Waals surface area contributed by atoms with Crippen LogP contribution < -0.4 is 5.32 Å². The van der Waals surface area contributed by atoms with Crippen molar-refractivity contribution in [2.45, 2.75) is 52.5 Å². The van der Waals surface area contributed by atoms with Gasteiger partial charge in [-0.05, 0) is 62.9 Å². The van der Waals surface area contributed by atoms with E-state index >= 15 is 0 Å². The summed E-state index contributed by atoms with van der Waals surface area (Å²) < 4.78 is 2.12. The number of barbiturate groups is 1. The molecule has 1 aromatic carbocycles. The number of benzene rings is 1. The van der Waals surface area contributed by atoms with E-state index in [4.69, 9.17) is 0 Å².